The summed E-state index contributed by atoms with van der Waals surface area (Å²) in [5.74, 6) is 2.01. The molecule has 140 valence electrons. The second-order valence-electron chi connectivity index (χ2n) is 6.58. The number of hydrogen-bond donors (Lipinski definition) is 1. The SMILES string of the molecule is OCc1nnc2n1CCN(Cc1ccccc1OCc1cccc(F)c1)C2. The Kier molecular flexibility index (Phi) is 5.13. The van der Waals surface area contributed by atoms with Gasteiger partial charge in [-0.15, -0.1) is 10.2 Å². The number of para-hydroxylation sites is 1. The minimum absolute atomic E-state index is 0.0935. The number of nitrogens with zero attached hydrogens (tertiary/aromatic N) is 4. The molecular weight excluding hydrogens is 347 g/mol. The predicted octanol–water partition coefficient (Wildman–Crippen LogP) is 2.50. The summed E-state index contributed by atoms with van der Waals surface area (Å²) in [6.07, 6.45) is 0. The van der Waals surface area contributed by atoms with Crippen molar-refractivity contribution in [2.75, 3.05) is 6.54 Å². The van der Waals surface area contributed by atoms with Crippen LogP contribution < -0.4 is 4.74 Å². The fourth-order valence-corrected chi connectivity index (χ4v) is 3.32. The zero-order valence-corrected chi connectivity index (χ0v) is 14.9. The van der Waals surface area contributed by atoms with Gasteiger partial charge in [-0.25, -0.2) is 4.39 Å². The van der Waals surface area contributed by atoms with Crippen LogP contribution in [-0.2, 0) is 32.8 Å². The van der Waals surface area contributed by atoms with Gasteiger partial charge in [0.2, 0.25) is 0 Å². The highest BCUT2D eigenvalue weighted by Gasteiger charge is 2.21. The zero-order chi connectivity index (χ0) is 18.6. The number of benzene rings is 2. The first-order valence-electron chi connectivity index (χ1n) is 8.92. The summed E-state index contributed by atoms with van der Waals surface area (Å²) < 4.78 is 21.3. The molecule has 7 heteroatoms. The summed E-state index contributed by atoms with van der Waals surface area (Å²) in [7, 11) is 0. The van der Waals surface area contributed by atoms with Crippen LogP contribution in [0.15, 0.2) is 48.5 Å². The van der Waals surface area contributed by atoms with Crippen LogP contribution in [0, 0.1) is 5.82 Å². The van der Waals surface area contributed by atoms with E-state index in [4.69, 9.17) is 4.74 Å². The minimum atomic E-state index is -0.260. The molecule has 0 atom stereocenters. The molecule has 0 radical (unpaired) electrons. The minimum Gasteiger partial charge on any atom is -0.489 e. The molecule has 0 amide bonds. The van der Waals surface area contributed by atoms with Crippen molar-refractivity contribution in [2.45, 2.75) is 32.8 Å². The van der Waals surface area contributed by atoms with Gasteiger partial charge in [0.05, 0.1) is 6.54 Å². The molecule has 0 spiro atoms. The zero-order valence-electron chi connectivity index (χ0n) is 14.9. The van der Waals surface area contributed by atoms with E-state index < -0.39 is 0 Å². The van der Waals surface area contributed by atoms with Crippen LogP contribution in [0.2, 0.25) is 0 Å². The molecule has 6 nitrogen and oxygen atoms in total. The molecule has 1 aliphatic heterocycles. The monoisotopic (exact) mass is 368 g/mol. The van der Waals surface area contributed by atoms with E-state index in [9.17, 15) is 9.50 Å². The van der Waals surface area contributed by atoms with Gasteiger partial charge in [0.15, 0.2) is 5.82 Å². The molecule has 2 heterocycles. The van der Waals surface area contributed by atoms with Crippen molar-refractivity contribution >= 4 is 0 Å². The maximum Gasteiger partial charge on any atom is 0.158 e. The third kappa shape index (κ3) is 3.99. The summed E-state index contributed by atoms with van der Waals surface area (Å²) in [4.78, 5) is 2.27. The Morgan fingerprint density at radius 1 is 1.07 bits per heavy atom. The van der Waals surface area contributed by atoms with E-state index in [1.54, 1.807) is 6.07 Å². The topological polar surface area (TPSA) is 63.4 Å². The number of aromatic nitrogens is 3. The van der Waals surface area contributed by atoms with Crippen molar-refractivity contribution < 1.29 is 14.2 Å². The molecule has 1 N–H and O–H groups in total. The van der Waals surface area contributed by atoms with Gasteiger partial charge in [0.1, 0.15) is 30.6 Å². The van der Waals surface area contributed by atoms with Crippen LogP contribution in [0.5, 0.6) is 5.75 Å². The summed E-state index contributed by atoms with van der Waals surface area (Å²) in [5.41, 5.74) is 1.87. The Morgan fingerprint density at radius 3 is 2.81 bits per heavy atom. The Balaban J connectivity index is 1.44. The van der Waals surface area contributed by atoms with E-state index in [2.05, 4.69) is 15.1 Å². The van der Waals surface area contributed by atoms with Crippen LogP contribution in [0.3, 0.4) is 0 Å². The highest BCUT2D eigenvalue weighted by atomic mass is 19.1. The van der Waals surface area contributed by atoms with Crippen LogP contribution in [0.25, 0.3) is 0 Å². The van der Waals surface area contributed by atoms with Crippen molar-refractivity contribution in [3.8, 4) is 5.75 Å². The van der Waals surface area contributed by atoms with Gasteiger partial charge < -0.3 is 14.4 Å². The lowest BCUT2D eigenvalue weighted by molar-refractivity contribution is 0.195. The molecule has 0 fully saturated rings. The van der Waals surface area contributed by atoms with Crippen molar-refractivity contribution in [1.82, 2.24) is 19.7 Å². The smallest absolute Gasteiger partial charge is 0.158 e. The fraction of sp³-hybridized carbons (Fsp3) is 0.300. The summed E-state index contributed by atoms with van der Waals surface area (Å²) in [5, 5.41) is 17.5. The van der Waals surface area contributed by atoms with Gasteiger partial charge >= 0.3 is 0 Å². The summed E-state index contributed by atoms with van der Waals surface area (Å²) in [6, 6.07) is 14.3. The largest absolute Gasteiger partial charge is 0.489 e. The lowest BCUT2D eigenvalue weighted by Gasteiger charge is -2.28. The molecule has 0 bridgehead atoms. The Labute approximate surface area is 156 Å². The first-order chi connectivity index (χ1) is 13.2. The molecule has 1 aromatic heterocycles. The molecule has 1 aliphatic rings. The number of aliphatic hydroxyl groups excluding tert-OH is 1. The van der Waals surface area contributed by atoms with Crippen LogP contribution in [0.4, 0.5) is 4.39 Å². The first-order valence-corrected chi connectivity index (χ1v) is 8.92. The lowest BCUT2D eigenvalue weighted by atomic mass is 10.1. The number of fused-ring (bicyclic) bond motifs is 1. The molecule has 2 aromatic carbocycles. The van der Waals surface area contributed by atoms with Gasteiger partial charge in [0, 0.05) is 25.2 Å². The number of rotatable bonds is 6. The van der Waals surface area contributed by atoms with E-state index >= 15 is 0 Å². The van der Waals surface area contributed by atoms with Crippen LogP contribution >= 0.6 is 0 Å². The predicted molar refractivity (Wildman–Crippen MR) is 97.2 cm³/mol. The summed E-state index contributed by atoms with van der Waals surface area (Å²) in [6.45, 7) is 3.22. The van der Waals surface area contributed by atoms with Gasteiger partial charge in [-0.3, -0.25) is 4.90 Å². The van der Waals surface area contributed by atoms with Gasteiger partial charge in [-0.05, 0) is 23.8 Å². The lowest BCUT2D eigenvalue weighted by Crippen LogP contribution is -2.34. The molecule has 27 heavy (non-hydrogen) atoms. The first kappa shape index (κ1) is 17.6. The second kappa shape index (κ2) is 7.85. The number of hydrogen-bond acceptors (Lipinski definition) is 5. The van der Waals surface area contributed by atoms with Crippen LogP contribution in [0.1, 0.15) is 22.8 Å². The Hall–Kier alpha value is -2.77. The highest BCUT2D eigenvalue weighted by Crippen LogP contribution is 2.23. The van der Waals surface area contributed by atoms with E-state index in [1.807, 2.05) is 34.9 Å². The Bertz CT molecular complexity index is 928. The molecule has 0 saturated heterocycles. The maximum atomic E-state index is 13.3. The van der Waals surface area contributed by atoms with E-state index in [1.165, 1.54) is 12.1 Å². The average molecular weight is 368 g/mol. The molecule has 0 unspecified atom stereocenters. The van der Waals surface area contributed by atoms with Crippen molar-refractivity contribution in [3.63, 3.8) is 0 Å². The number of halogens is 1. The summed E-state index contributed by atoms with van der Waals surface area (Å²) >= 11 is 0. The van der Waals surface area contributed by atoms with Gasteiger partial charge in [-0.2, -0.15) is 0 Å². The quantitative estimate of drug-likeness (QED) is 0.724. The van der Waals surface area contributed by atoms with Gasteiger partial charge in [-0.1, -0.05) is 30.3 Å². The third-order valence-corrected chi connectivity index (χ3v) is 4.70. The molecule has 0 aliphatic carbocycles. The molecule has 0 saturated carbocycles. The molecule has 3 aromatic rings. The van der Waals surface area contributed by atoms with Crippen molar-refractivity contribution in [3.05, 3.63) is 77.1 Å². The van der Waals surface area contributed by atoms with E-state index in [0.717, 1.165) is 42.3 Å². The maximum absolute atomic E-state index is 13.3. The highest BCUT2D eigenvalue weighted by molar-refractivity contribution is 5.33. The number of aliphatic hydroxyl groups is 1. The average Bonchev–Trinajstić information content (AvgIpc) is 3.10. The fourth-order valence-electron chi connectivity index (χ4n) is 3.32. The Morgan fingerprint density at radius 2 is 1.96 bits per heavy atom. The standard InChI is InChI=1S/C20H21FN4O2/c21-17-6-3-4-15(10-17)14-27-18-7-2-1-5-16(18)11-24-8-9-25-19(12-24)22-23-20(25)13-26/h1-7,10,26H,8-9,11-14H2. The van der Waals surface area contributed by atoms with Gasteiger partial charge in [0.25, 0.3) is 0 Å². The van der Waals surface area contributed by atoms with Crippen molar-refractivity contribution in [1.29, 1.82) is 0 Å². The second-order valence-corrected chi connectivity index (χ2v) is 6.58. The number of ether oxygens (including phenoxy) is 1. The molecular formula is C20H21FN4O2. The van der Waals surface area contributed by atoms with Crippen molar-refractivity contribution in [2.24, 2.45) is 0 Å². The normalized spacial score (nSPS) is 14.1. The van der Waals surface area contributed by atoms with E-state index in [-0.39, 0.29) is 12.4 Å². The van der Waals surface area contributed by atoms with E-state index in [0.29, 0.717) is 19.0 Å². The third-order valence-electron chi connectivity index (χ3n) is 4.70. The molecule has 4 rings (SSSR count). The van der Waals surface area contributed by atoms with Crippen LogP contribution in [-0.4, -0.2) is 31.3 Å².